The molecule has 0 fully saturated rings. The molecule has 32 heavy (non-hydrogen) atoms. The molecule has 3 aromatic carbocycles. The average Bonchev–Trinajstić information content (AvgIpc) is 2.79. The Morgan fingerprint density at radius 2 is 1.66 bits per heavy atom. The number of ether oxygens (including phenoxy) is 1. The predicted octanol–water partition coefficient (Wildman–Crippen LogP) is 7.56. The Labute approximate surface area is 190 Å². The van der Waals surface area contributed by atoms with E-state index in [4.69, 9.17) is 9.72 Å². The van der Waals surface area contributed by atoms with Gasteiger partial charge in [0.1, 0.15) is 5.75 Å². The van der Waals surface area contributed by atoms with Crippen molar-refractivity contribution in [3.63, 3.8) is 0 Å². The van der Waals surface area contributed by atoms with Crippen LogP contribution < -0.4 is 4.74 Å². The van der Waals surface area contributed by atoms with Gasteiger partial charge >= 0.3 is 5.97 Å². The van der Waals surface area contributed by atoms with Crippen LogP contribution in [0, 0.1) is 20.8 Å². The third kappa shape index (κ3) is 4.03. The zero-order chi connectivity index (χ0) is 22.8. The van der Waals surface area contributed by atoms with Crippen LogP contribution in [-0.2, 0) is 0 Å². The number of rotatable bonds is 5. The lowest BCUT2D eigenvalue weighted by Gasteiger charge is -2.18. The first kappa shape index (κ1) is 21.8. The highest BCUT2D eigenvalue weighted by atomic mass is 16.5. The van der Waals surface area contributed by atoms with Gasteiger partial charge in [-0.25, -0.2) is 9.78 Å². The number of para-hydroxylation sites is 1. The Balaban J connectivity index is 1.92. The molecule has 1 aromatic heterocycles. The van der Waals surface area contributed by atoms with Crippen LogP contribution in [0.3, 0.4) is 0 Å². The number of carbonyl (C=O) groups excluding carboxylic acids is 1. The summed E-state index contributed by atoms with van der Waals surface area (Å²) in [5.74, 6) is 0.591. The van der Waals surface area contributed by atoms with Gasteiger partial charge in [0, 0.05) is 10.9 Å². The smallest absolute Gasteiger partial charge is 0.344 e. The van der Waals surface area contributed by atoms with Gasteiger partial charge in [0.2, 0.25) is 0 Å². The number of fused-ring (bicyclic) bond motifs is 1. The lowest BCUT2D eigenvalue weighted by molar-refractivity contribution is 0.0734. The fraction of sp³-hybridized carbons (Fsp3) is 0.241. The Kier molecular flexibility index (Phi) is 6.09. The van der Waals surface area contributed by atoms with Gasteiger partial charge in [-0.3, -0.25) is 0 Å². The largest absolute Gasteiger partial charge is 0.423 e. The highest BCUT2D eigenvalue weighted by molar-refractivity contribution is 6.08. The van der Waals surface area contributed by atoms with Crippen LogP contribution in [0.1, 0.15) is 58.8 Å². The number of carbonyl (C=O) groups is 1. The Bertz CT molecular complexity index is 1290. The van der Waals surface area contributed by atoms with E-state index in [0.717, 1.165) is 50.8 Å². The number of hydrogen-bond acceptors (Lipinski definition) is 3. The van der Waals surface area contributed by atoms with Crippen molar-refractivity contribution in [1.29, 1.82) is 0 Å². The molecule has 4 rings (SSSR count). The number of esters is 1. The van der Waals surface area contributed by atoms with E-state index in [1.165, 1.54) is 0 Å². The number of pyridine rings is 1. The van der Waals surface area contributed by atoms with Crippen LogP contribution >= 0.6 is 0 Å². The maximum atomic E-state index is 13.7. The molecule has 1 unspecified atom stereocenters. The molecule has 0 bridgehead atoms. The Morgan fingerprint density at radius 1 is 0.969 bits per heavy atom. The van der Waals surface area contributed by atoms with Crippen LogP contribution in [0.4, 0.5) is 0 Å². The van der Waals surface area contributed by atoms with E-state index in [-0.39, 0.29) is 5.97 Å². The van der Waals surface area contributed by atoms with Gasteiger partial charge in [0.15, 0.2) is 0 Å². The molecule has 0 N–H and O–H groups in total. The number of nitrogens with zero attached hydrogens (tertiary/aromatic N) is 1. The standard InChI is InChI=1S/C29H29NO2/c1-6-19(3)23-14-10-11-15-25(23)32-29(31)26-21(5)28(22-12-8-7-9-13-22)30-27-20(4)16-18(2)17-24(26)27/h7-17,19H,6H2,1-5H3. The molecule has 0 saturated heterocycles. The van der Waals surface area contributed by atoms with Gasteiger partial charge in [-0.15, -0.1) is 0 Å². The van der Waals surface area contributed by atoms with Gasteiger partial charge in [-0.1, -0.05) is 74.0 Å². The third-order valence-corrected chi connectivity index (χ3v) is 6.18. The van der Waals surface area contributed by atoms with Gasteiger partial charge < -0.3 is 4.74 Å². The van der Waals surface area contributed by atoms with Crippen LogP contribution in [-0.4, -0.2) is 11.0 Å². The number of aromatic nitrogens is 1. The molecular weight excluding hydrogens is 394 g/mol. The highest BCUT2D eigenvalue weighted by Crippen LogP contribution is 2.34. The monoisotopic (exact) mass is 423 g/mol. The van der Waals surface area contributed by atoms with Crippen LogP contribution in [0.25, 0.3) is 22.2 Å². The minimum Gasteiger partial charge on any atom is -0.423 e. The number of aryl methyl sites for hydroxylation is 2. The summed E-state index contributed by atoms with van der Waals surface area (Å²) in [4.78, 5) is 18.7. The number of benzene rings is 3. The molecule has 3 nitrogen and oxygen atoms in total. The summed E-state index contributed by atoms with van der Waals surface area (Å²) in [6, 6.07) is 22.0. The van der Waals surface area contributed by atoms with Crippen molar-refractivity contribution in [3.05, 3.63) is 94.5 Å². The molecule has 0 spiro atoms. The molecule has 162 valence electrons. The molecule has 1 heterocycles. The lowest BCUT2D eigenvalue weighted by atomic mass is 9.95. The van der Waals surface area contributed by atoms with Crippen molar-refractivity contribution in [2.45, 2.75) is 47.0 Å². The molecule has 0 amide bonds. The SMILES string of the molecule is CCC(C)c1ccccc1OC(=O)c1c(C)c(-c2ccccc2)nc2c(C)cc(C)cc12. The van der Waals surface area contributed by atoms with E-state index < -0.39 is 0 Å². The zero-order valence-corrected chi connectivity index (χ0v) is 19.4. The topological polar surface area (TPSA) is 39.2 Å². The quantitative estimate of drug-likeness (QED) is 0.246. The van der Waals surface area contributed by atoms with Crippen molar-refractivity contribution in [3.8, 4) is 17.0 Å². The van der Waals surface area contributed by atoms with Crippen molar-refractivity contribution in [2.24, 2.45) is 0 Å². The highest BCUT2D eigenvalue weighted by Gasteiger charge is 2.23. The summed E-state index contributed by atoms with van der Waals surface area (Å²) in [5, 5.41) is 0.839. The van der Waals surface area contributed by atoms with Gasteiger partial charge in [0.25, 0.3) is 0 Å². The summed E-state index contributed by atoms with van der Waals surface area (Å²) in [6.07, 6.45) is 0.975. The molecule has 0 saturated carbocycles. The molecule has 0 aliphatic rings. The molecule has 3 heteroatoms. The van der Waals surface area contributed by atoms with E-state index in [2.05, 4.69) is 19.9 Å². The Morgan fingerprint density at radius 3 is 2.38 bits per heavy atom. The molecule has 4 aromatic rings. The second-order valence-corrected chi connectivity index (χ2v) is 8.54. The fourth-order valence-electron chi connectivity index (χ4n) is 4.31. The van der Waals surface area contributed by atoms with Crippen molar-refractivity contribution in [1.82, 2.24) is 4.98 Å². The van der Waals surface area contributed by atoms with Crippen LogP contribution in [0.15, 0.2) is 66.7 Å². The van der Waals surface area contributed by atoms with Crippen LogP contribution in [0.2, 0.25) is 0 Å². The van der Waals surface area contributed by atoms with E-state index >= 15 is 0 Å². The summed E-state index contributed by atoms with van der Waals surface area (Å²) in [7, 11) is 0. The van der Waals surface area contributed by atoms with E-state index in [1.807, 2.05) is 81.4 Å². The van der Waals surface area contributed by atoms with E-state index in [9.17, 15) is 4.79 Å². The van der Waals surface area contributed by atoms with Gasteiger partial charge in [-0.2, -0.15) is 0 Å². The summed E-state index contributed by atoms with van der Waals surface area (Å²) in [5.41, 5.74) is 7.24. The van der Waals surface area contributed by atoms with Gasteiger partial charge in [-0.05, 0) is 61.9 Å². The second kappa shape index (κ2) is 8.96. The lowest BCUT2D eigenvalue weighted by Crippen LogP contribution is -2.14. The maximum absolute atomic E-state index is 13.7. The Hall–Kier alpha value is -3.46. The average molecular weight is 424 g/mol. The molecule has 0 aliphatic heterocycles. The van der Waals surface area contributed by atoms with Crippen molar-refractivity contribution in [2.75, 3.05) is 0 Å². The van der Waals surface area contributed by atoms with Gasteiger partial charge in [0.05, 0.1) is 16.8 Å². The minimum atomic E-state index is -0.340. The first-order chi connectivity index (χ1) is 15.4. The van der Waals surface area contributed by atoms with E-state index in [1.54, 1.807) is 0 Å². The molecule has 0 radical (unpaired) electrons. The first-order valence-electron chi connectivity index (χ1n) is 11.2. The normalized spacial score (nSPS) is 12.0. The molecular formula is C29H29NO2. The number of hydrogen-bond donors (Lipinski definition) is 0. The maximum Gasteiger partial charge on any atom is 0.344 e. The summed E-state index contributed by atoms with van der Waals surface area (Å²) >= 11 is 0. The first-order valence-corrected chi connectivity index (χ1v) is 11.2. The summed E-state index contributed by atoms with van der Waals surface area (Å²) < 4.78 is 6.05. The van der Waals surface area contributed by atoms with Crippen molar-refractivity contribution >= 4 is 16.9 Å². The molecule has 0 aliphatic carbocycles. The van der Waals surface area contributed by atoms with Crippen LogP contribution in [0.5, 0.6) is 5.75 Å². The zero-order valence-electron chi connectivity index (χ0n) is 19.4. The van der Waals surface area contributed by atoms with E-state index in [0.29, 0.717) is 17.2 Å². The summed E-state index contributed by atoms with van der Waals surface area (Å²) in [6.45, 7) is 10.3. The fourth-order valence-corrected chi connectivity index (χ4v) is 4.31. The molecule has 1 atom stereocenters. The predicted molar refractivity (Wildman–Crippen MR) is 131 cm³/mol. The second-order valence-electron chi connectivity index (χ2n) is 8.54. The third-order valence-electron chi connectivity index (χ3n) is 6.18. The minimum absolute atomic E-state index is 0.304. The van der Waals surface area contributed by atoms with Crippen molar-refractivity contribution < 1.29 is 9.53 Å².